The van der Waals surface area contributed by atoms with E-state index >= 15 is 0 Å². The Morgan fingerprint density at radius 1 is 1.00 bits per heavy atom. The summed E-state index contributed by atoms with van der Waals surface area (Å²) in [6.45, 7) is 13.0. The highest BCUT2D eigenvalue weighted by molar-refractivity contribution is 9.10. The Labute approximate surface area is 113 Å². The predicted molar refractivity (Wildman–Crippen MR) is 77.0 cm³/mol. The lowest BCUT2D eigenvalue weighted by atomic mass is 9.71. The summed E-state index contributed by atoms with van der Waals surface area (Å²) in [5.41, 5.74) is 2.21. The summed E-state index contributed by atoms with van der Waals surface area (Å²) < 4.78 is 1.16. The molecule has 1 fully saturated rings. The van der Waals surface area contributed by atoms with E-state index in [-0.39, 0.29) is 0 Å². The zero-order chi connectivity index (χ0) is 12.7. The van der Waals surface area contributed by atoms with Crippen LogP contribution in [0.25, 0.3) is 0 Å². The standard InChI is InChI=1S/C15H22BrN/c1-14(2)10-17(11-15(14,3)4)9-12-5-7-13(16)8-6-12/h5-8H,9-11H2,1-4H3. The summed E-state index contributed by atoms with van der Waals surface area (Å²) in [5, 5.41) is 0. The van der Waals surface area contributed by atoms with Crippen molar-refractivity contribution in [1.82, 2.24) is 4.90 Å². The van der Waals surface area contributed by atoms with Crippen molar-refractivity contribution in [2.24, 2.45) is 10.8 Å². The normalized spacial score (nSPS) is 22.9. The molecule has 1 saturated heterocycles. The molecule has 0 unspecified atom stereocenters. The number of hydrogen-bond donors (Lipinski definition) is 0. The molecule has 0 bridgehead atoms. The molecule has 0 atom stereocenters. The number of likely N-dealkylation sites (tertiary alicyclic amines) is 1. The van der Waals surface area contributed by atoms with Crippen LogP contribution in [0, 0.1) is 10.8 Å². The predicted octanol–water partition coefficient (Wildman–Crippen LogP) is 4.32. The highest BCUT2D eigenvalue weighted by Gasteiger charge is 2.45. The number of benzene rings is 1. The van der Waals surface area contributed by atoms with Gasteiger partial charge in [-0.25, -0.2) is 0 Å². The molecule has 2 rings (SSSR count). The molecule has 0 N–H and O–H groups in total. The molecule has 1 aliphatic rings. The van der Waals surface area contributed by atoms with Crippen molar-refractivity contribution >= 4 is 15.9 Å². The van der Waals surface area contributed by atoms with Crippen LogP contribution in [0.15, 0.2) is 28.7 Å². The van der Waals surface area contributed by atoms with E-state index in [0.717, 1.165) is 11.0 Å². The Kier molecular flexibility index (Phi) is 3.39. The molecule has 1 heterocycles. The molecular weight excluding hydrogens is 274 g/mol. The van der Waals surface area contributed by atoms with Crippen LogP contribution >= 0.6 is 15.9 Å². The zero-order valence-corrected chi connectivity index (χ0v) is 12.8. The Balaban J connectivity index is 2.05. The average molecular weight is 296 g/mol. The maximum absolute atomic E-state index is 3.48. The van der Waals surface area contributed by atoms with Gasteiger partial charge in [0.2, 0.25) is 0 Å². The fourth-order valence-electron chi connectivity index (χ4n) is 2.56. The molecule has 0 aliphatic carbocycles. The van der Waals surface area contributed by atoms with Gasteiger partial charge in [-0.2, -0.15) is 0 Å². The number of hydrogen-bond acceptors (Lipinski definition) is 1. The Morgan fingerprint density at radius 2 is 1.47 bits per heavy atom. The first-order chi connectivity index (χ1) is 7.80. The van der Waals surface area contributed by atoms with Gasteiger partial charge in [-0.15, -0.1) is 0 Å². The van der Waals surface area contributed by atoms with Crippen LogP contribution in [0.2, 0.25) is 0 Å². The number of nitrogens with zero attached hydrogens (tertiary/aromatic N) is 1. The van der Waals surface area contributed by atoms with Crippen molar-refractivity contribution < 1.29 is 0 Å². The quantitative estimate of drug-likeness (QED) is 0.785. The van der Waals surface area contributed by atoms with Crippen LogP contribution in [0.5, 0.6) is 0 Å². The summed E-state index contributed by atoms with van der Waals surface area (Å²) in [4.78, 5) is 2.57. The van der Waals surface area contributed by atoms with Crippen molar-refractivity contribution in [3.63, 3.8) is 0 Å². The minimum Gasteiger partial charge on any atom is -0.298 e. The van der Waals surface area contributed by atoms with Gasteiger partial charge in [0, 0.05) is 24.1 Å². The van der Waals surface area contributed by atoms with Crippen molar-refractivity contribution in [2.45, 2.75) is 34.2 Å². The third-order valence-electron chi connectivity index (χ3n) is 4.39. The first kappa shape index (κ1) is 13.1. The van der Waals surface area contributed by atoms with E-state index < -0.39 is 0 Å². The lowest BCUT2D eigenvalue weighted by molar-refractivity contribution is 0.184. The van der Waals surface area contributed by atoms with Crippen molar-refractivity contribution in [1.29, 1.82) is 0 Å². The molecule has 0 amide bonds. The van der Waals surface area contributed by atoms with Crippen molar-refractivity contribution in [3.8, 4) is 0 Å². The van der Waals surface area contributed by atoms with E-state index in [1.165, 1.54) is 18.7 Å². The first-order valence-electron chi connectivity index (χ1n) is 6.27. The van der Waals surface area contributed by atoms with Crippen molar-refractivity contribution in [2.75, 3.05) is 13.1 Å². The lowest BCUT2D eigenvalue weighted by Gasteiger charge is -2.33. The fourth-order valence-corrected chi connectivity index (χ4v) is 2.83. The van der Waals surface area contributed by atoms with Gasteiger partial charge in [0.15, 0.2) is 0 Å². The minimum absolute atomic E-state index is 0.405. The molecule has 0 aromatic heterocycles. The van der Waals surface area contributed by atoms with Crippen LogP contribution < -0.4 is 0 Å². The second kappa shape index (κ2) is 4.40. The van der Waals surface area contributed by atoms with E-state index in [9.17, 15) is 0 Å². The molecule has 1 nitrogen and oxygen atoms in total. The summed E-state index contributed by atoms with van der Waals surface area (Å²) in [6.07, 6.45) is 0. The molecule has 1 aliphatic heterocycles. The number of rotatable bonds is 2. The van der Waals surface area contributed by atoms with Crippen LogP contribution in [-0.4, -0.2) is 18.0 Å². The van der Waals surface area contributed by atoms with E-state index in [2.05, 4.69) is 72.8 Å². The van der Waals surface area contributed by atoms with Gasteiger partial charge in [-0.05, 0) is 28.5 Å². The smallest absolute Gasteiger partial charge is 0.0234 e. The molecule has 1 aromatic carbocycles. The molecular formula is C15H22BrN. The van der Waals surface area contributed by atoms with Crippen LogP contribution in [0.3, 0.4) is 0 Å². The van der Waals surface area contributed by atoms with E-state index in [1.54, 1.807) is 0 Å². The van der Waals surface area contributed by atoms with Crippen LogP contribution in [-0.2, 0) is 6.54 Å². The summed E-state index contributed by atoms with van der Waals surface area (Å²) >= 11 is 3.48. The van der Waals surface area contributed by atoms with Gasteiger partial charge in [0.1, 0.15) is 0 Å². The van der Waals surface area contributed by atoms with E-state index in [4.69, 9.17) is 0 Å². The van der Waals surface area contributed by atoms with Gasteiger partial charge in [0.25, 0.3) is 0 Å². The largest absolute Gasteiger partial charge is 0.298 e. The number of halogens is 1. The Morgan fingerprint density at radius 3 is 1.94 bits per heavy atom. The van der Waals surface area contributed by atoms with E-state index in [1.807, 2.05) is 0 Å². The maximum Gasteiger partial charge on any atom is 0.0234 e. The molecule has 1 aromatic rings. The third-order valence-corrected chi connectivity index (χ3v) is 4.92. The van der Waals surface area contributed by atoms with E-state index in [0.29, 0.717) is 10.8 Å². The fraction of sp³-hybridized carbons (Fsp3) is 0.600. The van der Waals surface area contributed by atoms with Gasteiger partial charge in [0.05, 0.1) is 0 Å². The molecule has 2 heteroatoms. The second-order valence-electron chi connectivity index (χ2n) is 6.54. The third kappa shape index (κ3) is 2.74. The Hall–Kier alpha value is -0.340. The average Bonchev–Trinajstić information content (AvgIpc) is 2.39. The first-order valence-corrected chi connectivity index (χ1v) is 7.06. The van der Waals surface area contributed by atoms with Crippen LogP contribution in [0.4, 0.5) is 0 Å². The lowest BCUT2D eigenvalue weighted by Crippen LogP contribution is -2.30. The summed E-state index contributed by atoms with van der Waals surface area (Å²) in [5.74, 6) is 0. The van der Waals surface area contributed by atoms with Gasteiger partial charge >= 0.3 is 0 Å². The minimum atomic E-state index is 0.405. The topological polar surface area (TPSA) is 3.24 Å². The van der Waals surface area contributed by atoms with Gasteiger partial charge in [-0.3, -0.25) is 4.90 Å². The maximum atomic E-state index is 3.48. The molecule has 0 saturated carbocycles. The highest BCUT2D eigenvalue weighted by atomic mass is 79.9. The molecule has 17 heavy (non-hydrogen) atoms. The van der Waals surface area contributed by atoms with Gasteiger partial charge < -0.3 is 0 Å². The molecule has 0 radical (unpaired) electrons. The molecule has 0 spiro atoms. The van der Waals surface area contributed by atoms with Crippen molar-refractivity contribution in [3.05, 3.63) is 34.3 Å². The highest BCUT2D eigenvalue weighted by Crippen LogP contribution is 2.45. The molecule has 94 valence electrons. The summed E-state index contributed by atoms with van der Waals surface area (Å²) in [7, 11) is 0. The van der Waals surface area contributed by atoms with Crippen LogP contribution in [0.1, 0.15) is 33.3 Å². The monoisotopic (exact) mass is 295 g/mol. The second-order valence-corrected chi connectivity index (χ2v) is 7.46. The Bertz CT molecular complexity index is 376. The SMILES string of the molecule is CC1(C)CN(Cc2ccc(Br)cc2)CC1(C)C. The summed E-state index contributed by atoms with van der Waals surface area (Å²) in [6, 6.07) is 8.67. The zero-order valence-electron chi connectivity index (χ0n) is 11.3. The van der Waals surface area contributed by atoms with Gasteiger partial charge in [-0.1, -0.05) is 55.8 Å².